The van der Waals surface area contributed by atoms with Crippen molar-refractivity contribution in [2.75, 3.05) is 0 Å². The highest BCUT2D eigenvalue weighted by atomic mass is 15.0. The summed E-state index contributed by atoms with van der Waals surface area (Å²) in [5.74, 6) is 0. The lowest BCUT2D eigenvalue weighted by molar-refractivity contribution is 0.659. The lowest BCUT2D eigenvalue weighted by Gasteiger charge is -2.23. The van der Waals surface area contributed by atoms with E-state index in [9.17, 15) is 0 Å². The molecule has 47 heavy (non-hydrogen) atoms. The summed E-state index contributed by atoms with van der Waals surface area (Å²) in [6.45, 7) is 9.31. The van der Waals surface area contributed by atoms with E-state index >= 15 is 0 Å². The molecule has 0 bridgehead atoms. The van der Waals surface area contributed by atoms with Crippen molar-refractivity contribution in [2.24, 2.45) is 0 Å². The van der Waals surface area contributed by atoms with Crippen molar-refractivity contribution in [2.45, 2.75) is 46.0 Å². The molecule has 0 amide bonds. The Labute approximate surface area is 276 Å². The Kier molecular flexibility index (Phi) is 6.14. The summed E-state index contributed by atoms with van der Waals surface area (Å²) in [7, 11) is 0. The van der Waals surface area contributed by atoms with Crippen LogP contribution < -0.4 is 0 Å². The maximum Gasteiger partial charge on any atom is 0.0541 e. The summed E-state index contributed by atoms with van der Waals surface area (Å²) in [6.07, 6.45) is 9.22. The van der Waals surface area contributed by atoms with E-state index in [2.05, 4.69) is 170 Å². The molecule has 2 aliphatic rings. The largest absolute Gasteiger partial charge is 0.313 e. The molecule has 0 saturated carbocycles. The van der Waals surface area contributed by atoms with Crippen LogP contribution in [0.25, 0.3) is 62.0 Å². The Morgan fingerprint density at radius 1 is 0.681 bits per heavy atom. The van der Waals surface area contributed by atoms with Gasteiger partial charge in [-0.15, -0.1) is 0 Å². The molecule has 2 heterocycles. The van der Waals surface area contributed by atoms with Crippen LogP contribution in [0, 0.1) is 6.92 Å². The van der Waals surface area contributed by atoms with Crippen molar-refractivity contribution >= 4 is 39.5 Å². The van der Waals surface area contributed by atoms with Gasteiger partial charge in [0.15, 0.2) is 0 Å². The van der Waals surface area contributed by atoms with E-state index in [1.165, 1.54) is 89.1 Å². The van der Waals surface area contributed by atoms with Gasteiger partial charge in [-0.05, 0) is 120 Å². The first-order valence-corrected chi connectivity index (χ1v) is 16.8. The number of nitrogens with zero attached hydrogens (tertiary/aromatic N) is 2. The van der Waals surface area contributed by atoms with Crippen molar-refractivity contribution in [3.05, 3.63) is 161 Å². The highest BCUT2D eigenvalue weighted by Crippen LogP contribution is 2.49. The van der Waals surface area contributed by atoms with E-state index in [0.29, 0.717) is 0 Å². The lowest BCUT2D eigenvalue weighted by atomic mass is 9.82. The molecular weight excluding hydrogens is 569 g/mol. The minimum absolute atomic E-state index is 0.0373. The monoisotopic (exact) mass is 606 g/mol. The van der Waals surface area contributed by atoms with Crippen LogP contribution in [0.15, 0.2) is 121 Å². The van der Waals surface area contributed by atoms with Crippen LogP contribution in [0.4, 0.5) is 0 Å². The molecular formula is C45H38N2. The second-order valence-corrected chi connectivity index (χ2v) is 13.8. The molecule has 228 valence electrons. The Morgan fingerprint density at radius 2 is 1.43 bits per heavy atom. The van der Waals surface area contributed by atoms with Crippen molar-refractivity contribution < 1.29 is 0 Å². The molecule has 7 aromatic rings. The molecule has 2 aromatic heterocycles. The minimum Gasteiger partial charge on any atom is -0.313 e. The van der Waals surface area contributed by atoms with E-state index in [0.717, 1.165) is 12.8 Å². The van der Waals surface area contributed by atoms with Gasteiger partial charge >= 0.3 is 0 Å². The minimum atomic E-state index is -0.0373. The SMILES string of the molecule is C/C(=C\c1c(C)c2c(n1-c1ccc3c(c1)C(C)(C)c1ccccc1-3)CCC=C2)c1ccc2c(c1)c1ccccc1n2-c1ccccc1. The topological polar surface area (TPSA) is 9.86 Å². The number of allylic oxidation sites excluding steroid dienone is 2. The van der Waals surface area contributed by atoms with E-state index in [-0.39, 0.29) is 5.41 Å². The molecule has 0 N–H and O–H groups in total. The summed E-state index contributed by atoms with van der Waals surface area (Å²) < 4.78 is 4.94. The maximum atomic E-state index is 2.55. The van der Waals surface area contributed by atoms with Gasteiger partial charge in [0.1, 0.15) is 0 Å². The Bertz CT molecular complexity index is 2440. The molecule has 5 aromatic carbocycles. The maximum absolute atomic E-state index is 2.55. The highest BCUT2D eigenvalue weighted by molar-refractivity contribution is 6.10. The first kappa shape index (κ1) is 27.9. The smallest absolute Gasteiger partial charge is 0.0541 e. The zero-order valence-corrected chi connectivity index (χ0v) is 27.5. The third-order valence-corrected chi connectivity index (χ3v) is 10.8. The number of hydrogen-bond acceptors (Lipinski definition) is 0. The summed E-state index contributed by atoms with van der Waals surface area (Å²) in [6, 6.07) is 42.5. The van der Waals surface area contributed by atoms with Gasteiger partial charge < -0.3 is 9.13 Å². The van der Waals surface area contributed by atoms with Crippen molar-refractivity contribution in [3.8, 4) is 22.5 Å². The standard InChI is InChI=1S/C45H38N2/c1-29(31-22-25-43-38(27-31)37-18-10-13-21-42(37)46(43)32-14-6-5-7-15-32)26-44-30(2)34-16-9-12-20-41(34)47(44)33-23-24-36-35-17-8-11-19-39(35)45(3,4)40(36)28-33/h5-11,13-19,21-28H,12,20H2,1-4H3/b29-26+. The average molecular weight is 607 g/mol. The van der Waals surface area contributed by atoms with Crippen LogP contribution in [0.1, 0.15) is 66.4 Å². The average Bonchev–Trinajstić information content (AvgIpc) is 3.67. The fourth-order valence-corrected chi connectivity index (χ4v) is 8.34. The molecule has 0 atom stereocenters. The second-order valence-electron chi connectivity index (χ2n) is 13.8. The number of benzene rings is 5. The molecule has 0 spiro atoms. The van der Waals surface area contributed by atoms with Gasteiger partial charge in [0.25, 0.3) is 0 Å². The normalized spacial score (nSPS) is 14.9. The first-order valence-electron chi connectivity index (χ1n) is 16.8. The third kappa shape index (κ3) is 4.11. The van der Waals surface area contributed by atoms with Gasteiger partial charge in [-0.2, -0.15) is 0 Å². The van der Waals surface area contributed by atoms with Gasteiger partial charge in [-0.25, -0.2) is 0 Å². The van der Waals surface area contributed by atoms with Crippen LogP contribution in [0.5, 0.6) is 0 Å². The summed E-state index contributed by atoms with van der Waals surface area (Å²) in [5, 5.41) is 2.56. The highest BCUT2D eigenvalue weighted by Gasteiger charge is 2.35. The summed E-state index contributed by atoms with van der Waals surface area (Å²) in [5.41, 5.74) is 18.4. The molecule has 0 unspecified atom stereocenters. The van der Waals surface area contributed by atoms with Crippen molar-refractivity contribution in [1.82, 2.24) is 9.13 Å². The van der Waals surface area contributed by atoms with Gasteiger partial charge in [0.2, 0.25) is 0 Å². The van der Waals surface area contributed by atoms with Gasteiger partial charge in [0, 0.05) is 39.0 Å². The molecule has 0 radical (unpaired) electrons. The number of para-hydroxylation sites is 2. The van der Waals surface area contributed by atoms with E-state index in [1.807, 2.05) is 0 Å². The van der Waals surface area contributed by atoms with Gasteiger partial charge in [0.05, 0.1) is 11.0 Å². The van der Waals surface area contributed by atoms with E-state index in [4.69, 9.17) is 0 Å². The summed E-state index contributed by atoms with van der Waals surface area (Å²) >= 11 is 0. The number of rotatable bonds is 4. The lowest BCUT2D eigenvalue weighted by Crippen LogP contribution is -2.15. The molecule has 0 aliphatic heterocycles. The first-order chi connectivity index (χ1) is 22.9. The van der Waals surface area contributed by atoms with Crippen LogP contribution in [-0.4, -0.2) is 9.13 Å². The molecule has 9 rings (SSSR count). The summed E-state index contributed by atoms with van der Waals surface area (Å²) in [4.78, 5) is 0. The fraction of sp³-hybridized carbons (Fsp3) is 0.156. The van der Waals surface area contributed by atoms with Crippen LogP contribution in [-0.2, 0) is 11.8 Å². The zero-order valence-electron chi connectivity index (χ0n) is 27.5. The van der Waals surface area contributed by atoms with Gasteiger partial charge in [-0.3, -0.25) is 0 Å². The third-order valence-electron chi connectivity index (χ3n) is 10.8. The Hall–Kier alpha value is -5.34. The quantitative estimate of drug-likeness (QED) is 0.189. The number of fused-ring (bicyclic) bond motifs is 7. The van der Waals surface area contributed by atoms with E-state index in [1.54, 1.807) is 0 Å². The Morgan fingerprint density at radius 3 is 2.30 bits per heavy atom. The molecule has 0 fully saturated rings. The van der Waals surface area contributed by atoms with Crippen molar-refractivity contribution in [1.29, 1.82) is 0 Å². The predicted molar refractivity (Wildman–Crippen MR) is 200 cm³/mol. The molecule has 2 heteroatoms. The number of aromatic nitrogens is 2. The van der Waals surface area contributed by atoms with Crippen LogP contribution >= 0.6 is 0 Å². The van der Waals surface area contributed by atoms with Crippen LogP contribution in [0.3, 0.4) is 0 Å². The van der Waals surface area contributed by atoms with E-state index < -0.39 is 0 Å². The van der Waals surface area contributed by atoms with Gasteiger partial charge in [-0.1, -0.05) is 98.8 Å². The predicted octanol–water partition coefficient (Wildman–Crippen LogP) is 11.7. The molecule has 0 saturated heterocycles. The van der Waals surface area contributed by atoms with Crippen molar-refractivity contribution in [3.63, 3.8) is 0 Å². The second kappa shape index (κ2) is 10.3. The molecule has 2 nitrogen and oxygen atoms in total. The zero-order chi connectivity index (χ0) is 31.9. The molecule has 2 aliphatic carbocycles. The number of hydrogen-bond donors (Lipinski definition) is 0. The Balaban J connectivity index is 1.21. The fourth-order valence-electron chi connectivity index (χ4n) is 8.34. The van der Waals surface area contributed by atoms with Crippen LogP contribution in [0.2, 0.25) is 0 Å².